The maximum absolute atomic E-state index is 12.3. The van der Waals surface area contributed by atoms with Crippen LogP contribution in [0.3, 0.4) is 0 Å². The van der Waals surface area contributed by atoms with Gasteiger partial charge in [-0.05, 0) is 41.8 Å². The number of carbonyl (C=O) groups excluding carboxylic acids is 1. The van der Waals surface area contributed by atoms with Gasteiger partial charge < -0.3 is 19.9 Å². The van der Waals surface area contributed by atoms with Crippen LogP contribution in [0.2, 0.25) is 5.02 Å². The minimum atomic E-state index is -1.01. The zero-order valence-electron chi connectivity index (χ0n) is 15.2. The third-order valence-electron chi connectivity index (χ3n) is 4.08. The first kappa shape index (κ1) is 20.6. The molecule has 2 aromatic carbocycles. The summed E-state index contributed by atoms with van der Waals surface area (Å²) in [5.74, 6) is -0.232. The summed E-state index contributed by atoms with van der Waals surface area (Å²) in [6.07, 6.45) is 0.544. The molecule has 6 nitrogen and oxygen atoms in total. The largest absolute Gasteiger partial charge is 0.493 e. The Balaban J connectivity index is 2.08. The summed E-state index contributed by atoms with van der Waals surface area (Å²) in [5.41, 5.74) is 1.62. The van der Waals surface area contributed by atoms with Gasteiger partial charge in [0.2, 0.25) is 5.91 Å². The first-order valence-electron chi connectivity index (χ1n) is 8.40. The molecule has 2 aromatic rings. The number of nitrogens with one attached hydrogen (secondary N) is 1. The van der Waals surface area contributed by atoms with Crippen LogP contribution in [0.1, 0.15) is 30.0 Å². The number of aryl methyl sites for hydroxylation is 1. The number of halogens is 1. The molecule has 2 rings (SSSR count). The topological polar surface area (TPSA) is 84.9 Å². The van der Waals surface area contributed by atoms with E-state index in [4.69, 9.17) is 21.1 Å². The van der Waals surface area contributed by atoms with Gasteiger partial charge in [-0.25, -0.2) is 0 Å². The summed E-state index contributed by atoms with van der Waals surface area (Å²) in [6.45, 7) is 0. The van der Waals surface area contributed by atoms with Gasteiger partial charge in [0.25, 0.3) is 0 Å². The zero-order valence-corrected chi connectivity index (χ0v) is 16.0. The fraction of sp³-hybridized carbons (Fsp3) is 0.300. The lowest BCUT2D eigenvalue weighted by molar-refractivity contribution is -0.137. The number of ether oxygens (including phenoxy) is 2. The molecule has 0 spiro atoms. The van der Waals surface area contributed by atoms with Crippen molar-refractivity contribution in [2.75, 3.05) is 14.2 Å². The lowest BCUT2D eigenvalue weighted by atomic mass is 10.0. The van der Waals surface area contributed by atoms with Crippen molar-refractivity contribution >= 4 is 23.5 Å². The van der Waals surface area contributed by atoms with E-state index < -0.39 is 12.0 Å². The van der Waals surface area contributed by atoms with Crippen molar-refractivity contribution in [1.29, 1.82) is 0 Å². The molecule has 0 aliphatic heterocycles. The Labute approximate surface area is 163 Å². The Morgan fingerprint density at radius 1 is 1.07 bits per heavy atom. The number of rotatable bonds is 9. The van der Waals surface area contributed by atoms with Crippen LogP contribution in [0.5, 0.6) is 11.5 Å². The highest BCUT2D eigenvalue weighted by atomic mass is 35.5. The van der Waals surface area contributed by atoms with Crippen LogP contribution in [0.25, 0.3) is 0 Å². The van der Waals surface area contributed by atoms with Crippen molar-refractivity contribution in [3.8, 4) is 11.5 Å². The molecule has 0 saturated carbocycles. The maximum atomic E-state index is 12.3. The average Bonchev–Trinajstić information content (AvgIpc) is 2.66. The van der Waals surface area contributed by atoms with E-state index >= 15 is 0 Å². The van der Waals surface area contributed by atoms with E-state index in [-0.39, 0.29) is 18.7 Å². The Hall–Kier alpha value is -2.73. The molecule has 2 N–H and O–H groups in total. The predicted molar refractivity (Wildman–Crippen MR) is 102 cm³/mol. The van der Waals surface area contributed by atoms with E-state index in [0.29, 0.717) is 28.5 Å². The van der Waals surface area contributed by atoms with Gasteiger partial charge >= 0.3 is 5.97 Å². The molecule has 1 amide bonds. The summed E-state index contributed by atoms with van der Waals surface area (Å²) in [7, 11) is 3.02. The molecule has 0 aliphatic carbocycles. The van der Waals surface area contributed by atoms with Crippen molar-refractivity contribution in [3.05, 3.63) is 58.6 Å². The number of aliphatic carboxylic acids is 1. The number of hydrogen-bond donors (Lipinski definition) is 2. The van der Waals surface area contributed by atoms with Gasteiger partial charge in [0.15, 0.2) is 11.5 Å². The summed E-state index contributed by atoms with van der Waals surface area (Å²) in [4.78, 5) is 23.6. The van der Waals surface area contributed by atoms with Crippen LogP contribution in [-0.4, -0.2) is 31.2 Å². The maximum Gasteiger partial charge on any atom is 0.305 e. The van der Waals surface area contributed by atoms with Crippen molar-refractivity contribution < 1.29 is 24.2 Å². The first-order chi connectivity index (χ1) is 12.9. The van der Waals surface area contributed by atoms with Crippen LogP contribution < -0.4 is 14.8 Å². The van der Waals surface area contributed by atoms with Gasteiger partial charge in [0, 0.05) is 11.4 Å². The summed E-state index contributed by atoms with van der Waals surface area (Å²) < 4.78 is 10.4. The lowest BCUT2D eigenvalue weighted by Crippen LogP contribution is -2.30. The monoisotopic (exact) mass is 391 g/mol. The van der Waals surface area contributed by atoms with E-state index in [1.165, 1.54) is 14.2 Å². The second-order valence-corrected chi connectivity index (χ2v) is 6.40. The standard InChI is InChI=1S/C20H22ClNO5/c1-26-17-9-6-14(11-18(17)27-2)16(12-20(24)25)22-19(23)10-5-13-3-7-15(21)8-4-13/h3-4,6-9,11,16H,5,10,12H2,1-2H3,(H,22,23)(H,24,25). The van der Waals surface area contributed by atoms with Crippen LogP contribution in [0.15, 0.2) is 42.5 Å². The van der Waals surface area contributed by atoms with Gasteiger partial charge in [0.1, 0.15) is 0 Å². The second kappa shape index (κ2) is 9.83. The van der Waals surface area contributed by atoms with Crippen molar-refractivity contribution in [2.24, 2.45) is 0 Å². The molecule has 27 heavy (non-hydrogen) atoms. The Bertz CT molecular complexity index is 791. The SMILES string of the molecule is COc1ccc(C(CC(=O)O)NC(=O)CCc2ccc(Cl)cc2)cc1OC. The predicted octanol–water partition coefficient (Wildman–Crippen LogP) is 3.62. The van der Waals surface area contributed by atoms with E-state index in [1.807, 2.05) is 12.1 Å². The number of hydrogen-bond acceptors (Lipinski definition) is 4. The fourth-order valence-corrected chi connectivity index (χ4v) is 2.80. The van der Waals surface area contributed by atoms with Crippen molar-refractivity contribution in [3.63, 3.8) is 0 Å². The van der Waals surface area contributed by atoms with Crippen LogP contribution in [0, 0.1) is 0 Å². The van der Waals surface area contributed by atoms with Gasteiger partial charge in [-0.15, -0.1) is 0 Å². The summed E-state index contributed by atoms with van der Waals surface area (Å²) in [6, 6.07) is 11.7. The molecule has 0 saturated heterocycles. The Morgan fingerprint density at radius 2 is 1.74 bits per heavy atom. The van der Waals surface area contributed by atoms with Crippen LogP contribution in [0.4, 0.5) is 0 Å². The summed E-state index contributed by atoms with van der Waals surface area (Å²) in [5, 5.41) is 12.6. The number of carboxylic acid groups (broad SMARTS) is 1. The van der Waals surface area contributed by atoms with Gasteiger partial charge in [-0.3, -0.25) is 9.59 Å². The number of carboxylic acids is 1. The van der Waals surface area contributed by atoms with Crippen LogP contribution >= 0.6 is 11.6 Å². The number of methoxy groups -OCH3 is 2. The third-order valence-corrected chi connectivity index (χ3v) is 4.33. The van der Waals surface area contributed by atoms with Gasteiger partial charge in [0.05, 0.1) is 26.7 Å². The quantitative estimate of drug-likeness (QED) is 0.682. The smallest absolute Gasteiger partial charge is 0.305 e. The molecule has 0 fully saturated rings. The molecule has 7 heteroatoms. The first-order valence-corrected chi connectivity index (χ1v) is 8.78. The fourth-order valence-electron chi connectivity index (χ4n) is 2.67. The molecule has 0 aliphatic rings. The van der Waals surface area contributed by atoms with Gasteiger partial charge in [-0.1, -0.05) is 29.8 Å². The minimum absolute atomic E-state index is 0.231. The van der Waals surface area contributed by atoms with Crippen LogP contribution in [-0.2, 0) is 16.0 Å². The zero-order chi connectivity index (χ0) is 19.8. The van der Waals surface area contributed by atoms with Crippen molar-refractivity contribution in [2.45, 2.75) is 25.3 Å². The number of amides is 1. The van der Waals surface area contributed by atoms with E-state index in [0.717, 1.165) is 5.56 Å². The molecule has 0 heterocycles. The number of benzene rings is 2. The van der Waals surface area contributed by atoms with E-state index in [2.05, 4.69) is 5.32 Å². The van der Waals surface area contributed by atoms with E-state index in [9.17, 15) is 14.7 Å². The molecule has 0 radical (unpaired) electrons. The summed E-state index contributed by atoms with van der Waals surface area (Å²) >= 11 is 5.85. The third kappa shape index (κ3) is 6.18. The second-order valence-electron chi connectivity index (χ2n) is 5.96. The Morgan fingerprint density at radius 3 is 2.33 bits per heavy atom. The normalized spacial score (nSPS) is 11.5. The molecule has 144 valence electrons. The molecular weight excluding hydrogens is 370 g/mol. The molecule has 1 unspecified atom stereocenters. The minimum Gasteiger partial charge on any atom is -0.493 e. The molecule has 0 aromatic heterocycles. The lowest BCUT2D eigenvalue weighted by Gasteiger charge is -2.19. The average molecular weight is 392 g/mol. The molecule has 1 atom stereocenters. The van der Waals surface area contributed by atoms with Crippen molar-refractivity contribution in [1.82, 2.24) is 5.32 Å². The Kier molecular flexibility index (Phi) is 7.49. The number of carbonyl (C=O) groups is 2. The highest BCUT2D eigenvalue weighted by Crippen LogP contribution is 2.31. The molecular formula is C20H22ClNO5. The van der Waals surface area contributed by atoms with E-state index in [1.54, 1.807) is 30.3 Å². The molecule has 0 bridgehead atoms. The highest BCUT2D eigenvalue weighted by Gasteiger charge is 2.20. The van der Waals surface area contributed by atoms with Gasteiger partial charge in [-0.2, -0.15) is 0 Å². The highest BCUT2D eigenvalue weighted by molar-refractivity contribution is 6.30.